The van der Waals surface area contributed by atoms with E-state index in [0.29, 0.717) is 34.5 Å². The van der Waals surface area contributed by atoms with Gasteiger partial charge < -0.3 is 54.9 Å². The first kappa shape index (κ1) is 51.3. The van der Waals surface area contributed by atoms with E-state index in [1.54, 1.807) is 23.5 Å². The van der Waals surface area contributed by atoms with Gasteiger partial charge in [0.05, 0.1) is 51.8 Å². The molecule has 4 aliphatic heterocycles. The van der Waals surface area contributed by atoms with Crippen molar-refractivity contribution in [3.63, 3.8) is 0 Å². The molecular weight excluding hydrogens is 983 g/mol. The topological polar surface area (TPSA) is 222 Å². The van der Waals surface area contributed by atoms with Crippen molar-refractivity contribution in [3.05, 3.63) is 102 Å². The van der Waals surface area contributed by atoms with Crippen molar-refractivity contribution in [2.24, 2.45) is 5.92 Å². The molecule has 0 radical (unpaired) electrons. The van der Waals surface area contributed by atoms with Crippen LogP contribution in [0.25, 0.3) is 21.7 Å². The van der Waals surface area contributed by atoms with Gasteiger partial charge in [0.2, 0.25) is 17.7 Å². The number of aliphatic hydroxyl groups excluding tert-OH is 1. The fraction of sp³-hybridized carbons (Fsp3) is 0.491. The number of nitrogens with zero attached hydrogens (tertiary/aromatic N) is 9. The van der Waals surface area contributed by atoms with Crippen molar-refractivity contribution in [3.8, 4) is 33.3 Å². The summed E-state index contributed by atoms with van der Waals surface area (Å²) in [6.07, 6.45) is 9.04. The molecule has 1 saturated carbocycles. The number of aryl methyl sites for hydroxylation is 1. The van der Waals surface area contributed by atoms with E-state index in [-0.39, 0.29) is 72.9 Å². The Bertz CT molecular complexity index is 2980. The highest BCUT2D eigenvalue weighted by Crippen LogP contribution is 2.41. The van der Waals surface area contributed by atoms with Crippen LogP contribution in [0.5, 0.6) is 11.6 Å². The second kappa shape index (κ2) is 22.0. The number of para-hydroxylation sites is 1. The zero-order chi connectivity index (χ0) is 52.6. The summed E-state index contributed by atoms with van der Waals surface area (Å²) in [4.78, 5) is 46.9. The number of thiazole rings is 1. The van der Waals surface area contributed by atoms with Crippen LogP contribution in [0.2, 0.25) is 0 Å². The Morgan fingerprint density at radius 3 is 2.28 bits per heavy atom. The number of piperidine rings is 1. The molecule has 11 rings (SSSR count). The summed E-state index contributed by atoms with van der Waals surface area (Å²) >= 11 is 1.60. The number of pyridine rings is 1. The molecule has 2 amide bonds. The lowest BCUT2D eigenvalue weighted by molar-refractivity contribution is -0.141. The van der Waals surface area contributed by atoms with Crippen LogP contribution < -0.4 is 30.5 Å². The standard InChI is InChI=1S/C57H69N11O7S/c1-33(2)53(57(72)67-31-41(69)26-48(67)56(71)61-34(3)36-9-11-37(12-10-36)54-35(4)60-32-76-54)50-28-51(64-75-50)65-23-20-44(21-24-65)73-42-15-17-43(18-16-42)74-52-25-38(19-22-59-52)68-39-13-14-40(68)30-66(29-39)47-27-46(62-63-55(47)58)45-7-5-6-8-49(45)70/h5-12,19,22,25,27-28,32-34,39-44,48,53,69-70H,13-18,20-21,23-24,26,29-31H2,1-4H3,(H2,58,63)(H,61,71)/t34-,39?,40?,41+,42-,43+,48-,53+/m0/s1. The van der Waals surface area contributed by atoms with Crippen LogP contribution in [0.1, 0.15) is 108 Å². The second-order valence-electron chi connectivity index (χ2n) is 21.7. The van der Waals surface area contributed by atoms with Crippen LogP contribution in [-0.2, 0) is 14.3 Å². The number of amides is 2. The number of benzene rings is 2. The third-order valence-corrected chi connectivity index (χ3v) is 17.3. The molecule has 2 aromatic carbocycles. The number of hydrogen-bond acceptors (Lipinski definition) is 17. The fourth-order valence-electron chi connectivity index (χ4n) is 12.3. The SMILES string of the molecule is Cc1ncsc1-c1ccc([C@H](C)NC(=O)[C@@H]2C[C@@H](O)CN2C(=O)[C@@H](c2cc(N3CCC(O[C@H]4CC[C@@H](Oc5cc(N6C7CCC6CN(c6cc(-c8ccccc8O)nnc6N)C7)ccn5)CC4)CC3)no2)C(C)C)cc1. The van der Waals surface area contributed by atoms with Crippen molar-refractivity contribution < 1.29 is 33.8 Å². The number of aromatic hydroxyl groups is 1. The number of phenolic OH excluding ortho intramolecular Hbond substituents is 1. The van der Waals surface area contributed by atoms with Crippen molar-refractivity contribution in [1.29, 1.82) is 0 Å². The molecule has 0 spiro atoms. The summed E-state index contributed by atoms with van der Waals surface area (Å²) in [7, 11) is 0. The molecule has 6 aromatic rings. The summed E-state index contributed by atoms with van der Waals surface area (Å²) in [6, 6.07) is 22.7. The molecule has 5 fully saturated rings. The number of ether oxygens (including phenoxy) is 2. The number of phenols is 1. The van der Waals surface area contributed by atoms with Gasteiger partial charge in [0.15, 0.2) is 17.4 Å². The van der Waals surface area contributed by atoms with Crippen molar-refractivity contribution in [1.82, 2.24) is 35.5 Å². The van der Waals surface area contributed by atoms with Gasteiger partial charge in [-0.25, -0.2) is 9.97 Å². The molecule has 19 heteroatoms. The van der Waals surface area contributed by atoms with E-state index in [1.165, 1.54) is 4.90 Å². The van der Waals surface area contributed by atoms with E-state index in [0.717, 1.165) is 111 Å². The van der Waals surface area contributed by atoms with Gasteiger partial charge in [0, 0.05) is 80.8 Å². The minimum atomic E-state index is -0.814. The van der Waals surface area contributed by atoms with Gasteiger partial charge in [-0.1, -0.05) is 55.4 Å². The van der Waals surface area contributed by atoms with Crippen molar-refractivity contribution in [2.45, 2.75) is 140 Å². The molecular formula is C57H69N11O7S. The number of rotatable bonds is 15. The number of nitrogens with two attached hydrogens (primary N) is 1. The Kier molecular flexibility index (Phi) is 14.9. The molecule has 5 N–H and O–H groups in total. The second-order valence-corrected chi connectivity index (χ2v) is 22.6. The number of hydrogen-bond donors (Lipinski definition) is 4. The Hall–Kier alpha value is -6.83. The number of nitrogen functional groups attached to an aromatic ring is 1. The number of carbonyl (C=O) groups excluding carboxylic acids is 2. The summed E-state index contributed by atoms with van der Waals surface area (Å²) in [5.74, 6) is 0.959. The Labute approximate surface area is 447 Å². The number of aliphatic hydroxyl groups is 1. The van der Waals surface area contributed by atoms with Crippen LogP contribution in [0.15, 0.2) is 89.0 Å². The first-order valence-electron chi connectivity index (χ1n) is 27.1. The number of β-amino-alcohol motifs (C(OH)–C–C–N with tert-alkyl or cyclic N) is 1. The molecule has 400 valence electrons. The average Bonchev–Trinajstić information content (AvgIpc) is 4.25. The highest BCUT2D eigenvalue weighted by molar-refractivity contribution is 7.13. The van der Waals surface area contributed by atoms with E-state index < -0.39 is 18.1 Å². The van der Waals surface area contributed by atoms with Gasteiger partial charge in [-0.05, 0) is 107 Å². The van der Waals surface area contributed by atoms with E-state index in [1.807, 2.05) is 87.9 Å². The van der Waals surface area contributed by atoms with Crippen LogP contribution >= 0.6 is 11.3 Å². The largest absolute Gasteiger partial charge is 0.507 e. The van der Waals surface area contributed by atoms with Gasteiger partial charge in [0.1, 0.15) is 23.8 Å². The molecule has 18 nitrogen and oxygen atoms in total. The molecule has 4 aromatic heterocycles. The van der Waals surface area contributed by atoms with Gasteiger partial charge in [-0.3, -0.25) is 9.59 Å². The first-order valence-corrected chi connectivity index (χ1v) is 27.9. The smallest absolute Gasteiger partial charge is 0.243 e. The van der Waals surface area contributed by atoms with Gasteiger partial charge in [-0.2, -0.15) is 0 Å². The molecule has 76 heavy (non-hydrogen) atoms. The predicted molar refractivity (Wildman–Crippen MR) is 291 cm³/mol. The Morgan fingerprint density at radius 2 is 1.57 bits per heavy atom. The summed E-state index contributed by atoms with van der Waals surface area (Å²) in [6.45, 7) is 11.0. The van der Waals surface area contributed by atoms with E-state index in [2.05, 4.69) is 57.5 Å². The van der Waals surface area contributed by atoms with Crippen LogP contribution in [-0.4, -0.2) is 128 Å². The normalized spacial score (nSPS) is 23.8. The molecule has 5 aliphatic rings. The summed E-state index contributed by atoms with van der Waals surface area (Å²) in [5, 5.41) is 37.4. The highest BCUT2D eigenvalue weighted by Gasteiger charge is 2.44. The van der Waals surface area contributed by atoms with Gasteiger partial charge >= 0.3 is 0 Å². The maximum Gasteiger partial charge on any atom is 0.243 e. The lowest BCUT2D eigenvalue weighted by Crippen LogP contribution is -2.54. The maximum atomic E-state index is 14.4. The van der Waals surface area contributed by atoms with E-state index >= 15 is 0 Å². The number of carbonyl (C=O) groups is 2. The zero-order valence-corrected chi connectivity index (χ0v) is 44.5. The number of fused-ring (bicyclic) bond motifs is 2. The Morgan fingerprint density at radius 1 is 0.842 bits per heavy atom. The van der Waals surface area contributed by atoms with Crippen molar-refractivity contribution in [2.75, 3.05) is 53.2 Å². The fourth-order valence-corrected chi connectivity index (χ4v) is 13.1. The number of aromatic nitrogens is 5. The summed E-state index contributed by atoms with van der Waals surface area (Å²) in [5.41, 5.74) is 14.4. The first-order chi connectivity index (χ1) is 36.8. The number of likely N-dealkylation sites (tertiary alicyclic amines) is 1. The number of piperazine rings is 1. The van der Waals surface area contributed by atoms with Crippen LogP contribution in [0, 0.1) is 12.8 Å². The molecule has 2 unspecified atom stereocenters. The van der Waals surface area contributed by atoms with Crippen LogP contribution in [0.4, 0.5) is 23.0 Å². The average molecular weight is 1050 g/mol. The quantitative estimate of drug-likeness (QED) is 0.0764. The van der Waals surface area contributed by atoms with E-state index in [4.69, 9.17) is 19.7 Å². The molecule has 8 heterocycles. The third-order valence-electron chi connectivity index (χ3n) is 16.3. The number of nitrogens with one attached hydrogen (secondary N) is 1. The molecule has 2 bridgehead atoms. The Balaban J connectivity index is 0.638. The minimum absolute atomic E-state index is 0.0667. The maximum absolute atomic E-state index is 14.4. The molecule has 4 saturated heterocycles. The van der Waals surface area contributed by atoms with Gasteiger partial charge in [-0.15, -0.1) is 21.5 Å². The minimum Gasteiger partial charge on any atom is -0.507 e. The number of anilines is 4. The predicted octanol–water partition coefficient (Wildman–Crippen LogP) is 8.06. The zero-order valence-electron chi connectivity index (χ0n) is 43.7. The lowest BCUT2D eigenvalue weighted by Gasteiger charge is -2.43. The van der Waals surface area contributed by atoms with Crippen LogP contribution in [0.3, 0.4) is 0 Å². The lowest BCUT2D eigenvalue weighted by atomic mass is 9.91. The molecule has 6 atom stereocenters. The van der Waals surface area contributed by atoms with Crippen molar-refractivity contribution >= 4 is 46.2 Å². The van der Waals surface area contributed by atoms with Gasteiger partial charge in [0.25, 0.3) is 0 Å². The monoisotopic (exact) mass is 1050 g/mol. The van der Waals surface area contributed by atoms with E-state index in [9.17, 15) is 19.8 Å². The third kappa shape index (κ3) is 10.8. The molecule has 1 aliphatic carbocycles. The summed E-state index contributed by atoms with van der Waals surface area (Å²) < 4.78 is 19.2. The highest BCUT2D eigenvalue weighted by atomic mass is 32.1.